The van der Waals surface area contributed by atoms with Gasteiger partial charge in [-0.1, -0.05) is 30.3 Å². The van der Waals surface area contributed by atoms with Gasteiger partial charge in [-0.15, -0.1) is 0 Å². The minimum Gasteiger partial charge on any atom is -0.338 e. The predicted octanol–water partition coefficient (Wildman–Crippen LogP) is 3.13. The topological polar surface area (TPSA) is 82.6 Å². The van der Waals surface area contributed by atoms with E-state index in [9.17, 15) is 18.8 Å². The van der Waals surface area contributed by atoms with Crippen LogP contribution in [0.5, 0.6) is 0 Å². The van der Waals surface area contributed by atoms with Gasteiger partial charge in [0.1, 0.15) is 11.9 Å². The van der Waals surface area contributed by atoms with E-state index < -0.39 is 6.04 Å². The molecular weight excluding hydrogens is 435 g/mol. The van der Waals surface area contributed by atoms with Crippen LogP contribution in [-0.4, -0.2) is 58.2 Å². The Bertz CT molecular complexity index is 1260. The Morgan fingerprint density at radius 3 is 2.65 bits per heavy atom. The molecule has 8 heteroatoms. The van der Waals surface area contributed by atoms with Crippen LogP contribution in [0.1, 0.15) is 22.5 Å². The number of piperazine rings is 1. The fourth-order valence-electron chi connectivity index (χ4n) is 4.48. The van der Waals surface area contributed by atoms with E-state index in [-0.39, 0.29) is 43.0 Å². The number of hydrogen-bond donors (Lipinski definition) is 1. The second-order valence-electron chi connectivity index (χ2n) is 8.40. The molecule has 1 N–H and O–H groups in total. The number of halogens is 1. The van der Waals surface area contributed by atoms with Crippen molar-refractivity contribution in [1.29, 1.82) is 0 Å². The molecule has 1 saturated heterocycles. The summed E-state index contributed by atoms with van der Waals surface area (Å²) in [4.78, 5) is 46.6. The number of hydrogen-bond acceptors (Lipinski definition) is 4. The van der Waals surface area contributed by atoms with Crippen LogP contribution < -0.4 is 5.32 Å². The fourth-order valence-corrected chi connectivity index (χ4v) is 4.48. The van der Waals surface area contributed by atoms with E-state index in [1.165, 1.54) is 11.0 Å². The molecule has 0 aliphatic carbocycles. The van der Waals surface area contributed by atoms with E-state index in [0.717, 1.165) is 5.69 Å². The molecule has 0 radical (unpaired) electrons. The van der Waals surface area contributed by atoms with Crippen LogP contribution in [0.25, 0.3) is 11.1 Å². The summed E-state index contributed by atoms with van der Waals surface area (Å²) in [6, 6.07) is 16.1. The number of carbonyl (C=O) groups is 3. The lowest BCUT2D eigenvalue weighted by Gasteiger charge is -2.39. The van der Waals surface area contributed by atoms with Crippen molar-refractivity contribution in [2.24, 2.45) is 0 Å². The molecule has 0 saturated carbocycles. The van der Waals surface area contributed by atoms with Crippen molar-refractivity contribution in [3.05, 3.63) is 83.9 Å². The molecular formula is C26H23FN4O3. The number of aryl methyl sites for hydroxylation is 1. The minimum atomic E-state index is -0.788. The Morgan fingerprint density at radius 2 is 1.85 bits per heavy atom. The smallest absolute Gasteiger partial charge is 0.256 e. The Kier molecular flexibility index (Phi) is 5.79. The number of rotatable bonds is 4. The molecule has 1 atom stereocenters. The zero-order chi connectivity index (χ0) is 23.7. The average molecular weight is 458 g/mol. The fraction of sp³-hybridized carbons (Fsp3) is 0.231. The second kappa shape index (κ2) is 9.05. The first-order valence-electron chi connectivity index (χ1n) is 11.2. The molecule has 5 rings (SSSR count). The van der Waals surface area contributed by atoms with Gasteiger partial charge in [-0.05, 0) is 42.3 Å². The number of benzene rings is 2. The molecule has 1 unspecified atom stereocenters. The van der Waals surface area contributed by atoms with Gasteiger partial charge in [0.15, 0.2) is 0 Å². The summed E-state index contributed by atoms with van der Waals surface area (Å²) >= 11 is 0. The lowest BCUT2D eigenvalue weighted by molar-refractivity contribution is -0.135. The third-order valence-electron chi connectivity index (χ3n) is 6.31. The quantitative estimate of drug-likeness (QED) is 0.651. The lowest BCUT2D eigenvalue weighted by Crippen LogP contribution is -2.59. The van der Waals surface area contributed by atoms with Gasteiger partial charge >= 0.3 is 0 Å². The maximum absolute atomic E-state index is 14.3. The maximum atomic E-state index is 14.3. The Labute approximate surface area is 196 Å². The molecule has 1 aromatic heterocycles. The van der Waals surface area contributed by atoms with Crippen LogP contribution in [0.4, 0.5) is 10.1 Å². The van der Waals surface area contributed by atoms with Crippen molar-refractivity contribution in [1.82, 2.24) is 14.8 Å². The summed E-state index contributed by atoms with van der Waals surface area (Å²) in [5.41, 5.74) is 2.47. The van der Waals surface area contributed by atoms with Gasteiger partial charge in [-0.25, -0.2) is 4.39 Å². The van der Waals surface area contributed by atoms with Crippen molar-refractivity contribution < 1.29 is 18.8 Å². The number of carbonyl (C=O) groups excluding carboxylic acids is 3. The zero-order valence-corrected chi connectivity index (χ0v) is 18.4. The van der Waals surface area contributed by atoms with Crippen molar-refractivity contribution in [2.75, 3.05) is 25.0 Å². The molecule has 0 bridgehead atoms. The molecule has 2 aliphatic rings. The van der Waals surface area contributed by atoms with E-state index >= 15 is 0 Å². The highest BCUT2D eigenvalue weighted by Crippen LogP contribution is 2.31. The van der Waals surface area contributed by atoms with Crippen molar-refractivity contribution in [2.45, 2.75) is 18.9 Å². The van der Waals surface area contributed by atoms with Crippen LogP contribution in [0.3, 0.4) is 0 Å². The van der Waals surface area contributed by atoms with Crippen LogP contribution in [-0.2, 0) is 16.0 Å². The van der Waals surface area contributed by atoms with E-state index in [1.54, 1.807) is 47.5 Å². The standard InChI is InChI=1S/C26H23FN4O3/c27-21-7-2-1-6-19(21)17-8-10-22-20(15-17)26(34)31-14-13-30(16-23(31)25(33)29-22)24(32)11-9-18-5-3-4-12-28-18/h1-8,10,12,15,23H,9,11,13-14,16H2,(H,29,33). The van der Waals surface area contributed by atoms with E-state index in [1.807, 2.05) is 18.2 Å². The van der Waals surface area contributed by atoms with E-state index in [4.69, 9.17) is 0 Å². The van der Waals surface area contributed by atoms with E-state index in [0.29, 0.717) is 35.3 Å². The summed E-state index contributed by atoms with van der Waals surface area (Å²) in [5.74, 6) is -1.11. The number of aromatic nitrogens is 1. The first-order valence-corrected chi connectivity index (χ1v) is 11.2. The van der Waals surface area contributed by atoms with Crippen molar-refractivity contribution in [3.8, 4) is 11.1 Å². The Morgan fingerprint density at radius 1 is 1.03 bits per heavy atom. The molecule has 3 aromatic rings. The molecule has 3 heterocycles. The highest BCUT2D eigenvalue weighted by atomic mass is 19.1. The Hall–Kier alpha value is -4.07. The number of anilines is 1. The molecule has 34 heavy (non-hydrogen) atoms. The number of fused-ring (bicyclic) bond motifs is 2. The van der Waals surface area contributed by atoms with Crippen molar-refractivity contribution >= 4 is 23.4 Å². The predicted molar refractivity (Wildman–Crippen MR) is 124 cm³/mol. The second-order valence-corrected chi connectivity index (χ2v) is 8.40. The third-order valence-corrected chi connectivity index (χ3v) is 6.31. The average Bonchev–Trinajstić information content (AvgIpc) is 2.97. The molecule has 1 fully saturated rings. The van der Waals surface area contributed by atoms with Crippen LogP contribution in [0.2, 0.25) is 0 Å². The molecule has 2 aromatic carbocycles. The van der Waals surface area contributed by atoms with Gasteiger partial charge < -0.3 is 15.1 Å². The minimum absolute atomic E-state index is 0.0749. The monoisotopic (exact) mass is 458 g/mol. The first-order chi connectivity index (χ1) is 16.5. The highest BCUT2D eigenvalue weighted by Gasteiger charge is 2.40. The summed E-state index contributed by atoms with van der Waals surface area (Å²) < 4.78 is 14.3. The van der Waals surface area contributed by atoms with Gasteiger partial charge in [0, 0.05) is 37.0 Å². The number of pyridine rings is 1. The van der Waals surface area contributed by atoms with Gasteiger partial charge in [-0.3, -0.25) is 19.4 Å². The molecule has 3 amide bonds. The van der Waals surface area contributed by atoms with Crippen molar-refractivity contribution in [3.63, 3.8) is 0 Å². The molecule has 2 aliphatic heterocycles. The Balaban J connectivity index is 1.34. The molecule has 172 valence electrons. The van der Waals surface area contributed by atoms with Gasteiger partial charge in [0.2, 0.25) is 11.8 Å². The number of nitrogens with zero attached hydrogens (tertiary/aromatic N) is 3. The highest BCUT2D eigenvalue weighted by molar-refractivity contribution is 6.10. The van der Waals surface area contributed by atoms with Crippen LogP contribution in [0, 0.1) is 5.82 Å². The van der Waals surface area contributed by atoms with Crippen LogP contribution >= 0.6 is 0 Å². The lowest BCUT2D eigenvalue weighted by atomic mass is 10.0. The number of amides is 3. The normalized spacial score (nSPS) is 17.5. The van der Waals surface area contributed by atoms with Gasteiger partial charge in [-0.2, -0.15) is 0 Å². The SMILES string of the molecule is O=C1Nc2ccc(-c3ccccc3F)cc2C(=O)N2CCN(C(=O)CCc3ccccn3)CC12. The maximum Gasteiger partial charge on any atom is 0.256 e. The number of nitrogens with one attached hydrogen (secondary N) is 1. The zero-order valence-electron chi connectivity index (χ0n) is 18.4. The molecule has 7 nitrogen and oxygen atoms in total. The third kappa shape index (κ3) is 4.14. The summed E-state index contributed by atoms with van der Waals surface area (Å²) in [6.07, 6.45) is 2.49. The first kappa shape index (κ1) is 21.8. The molecule has 0 spiro atoms. The van der Waals surface area contributed by atoms with Gasteiger partial charge in [0.25, 0.3) is 5.91 Å². The van der Waals surface area contributed by atoms with Gasteiger partial charge in [0.05, 0.1) is 17.8 Å². The summed E-state index contributed by atoms with van der Waals surface area (Å²) in [5, 5.41) is 2.82. The summed E-state index contributed by atoms with van der Waals surface area (Å²) in [6.45, 7) is 0.724. The largest absolute Gasteiger partial charge is 0.338 e. The van der Waals surface area contributed by atoms with Crippen LogP contribution in [0.15, 0.2) is 66.9 Å². The van der Waals surface area contributed by atoms with E-state index in [2.05, 4.69) is 10.3 Å². The summed E-state index contributed by atoms with van der Waals surface area (Å²) in [7, 11) is 0.